The third-order valence-corrected chi connectivity index (χ3v) is 4.56. The van der Waals surface area contributed by atoms with Gasteiger partial charge in [-0.05, 0) is 37.0 Å². The number of hydrogen-bond donors (Lipinski definition) is 1. The van der Waals surface area contributed by atoms with Gasteiger partial charge in [-0.1, -0.05) is 18.2 Å². The molecule has 1 amide bonds. The van der Waals surface area contributed by atoms with Gasteiger partial charge in [0.25, 0.3) is 0 Å². The largest absolute Gasteiger partial charge is 0.309 e. The molecule has 1 fully saturated rings. The smallest absolute Gasteiger partial charge is 0.222 e. The molecule has 1 atom stereocenters. The Morgan fingerprint density at radius 1 is 1.30 bits per heavy atom. The number of likely N-dealkylation sites (tertiary alicyclic amines) is 1. The normalized spacial score (nSPS) is 18.3. The van der Waals surface area contributed by atoms with Gasteiger partial charge >= 0.3 is 0 Å². The van der Waals surface area contributed by atoms with Crippen LogP contribution in [-0.2, 0) is 11.3 Å². The van der Waals surface area contributed by atoms with Crippen LogP contribution in [0.1, 0.15) is 36.1 Å². The van der Waals surface area contributed by atoms with Gasteiger partial charge in [-0.25, -0.2) is 0 Å². The fourth-order valence-electron chi connectivity index (χ4n) is 3.28. The second-order valence-electron chi connectivity index (χ2n) is 6.41. The summed E-state index contributed by atoms with van der Waals surface area (Å²) in [6.45, 7) is 8.94. The van der Waals surface area contributed by atoms with Gasteiger partial charge in [-0.2, -0.15) is 5.10 Å². The predicted octanol–water partition coefficient (Wildman–Crippen LogP) is 2.91. The van der Waals surface area contributed by atoms with E-state index in [0.29, 0.717) is 11.9 Å². The highest BCUT2D eigenvalue weighted by atomic mass is 16.1. The molecular weight excluding hydrogens is 288 g/mol. The topological polar surface area (TPSA) is 50.2 Å². The van der Waals surface area contributed by atoms with E-state index in [0.717, 1.165) is 26.1 Å². The van der Waals surface area contributed by atoms with E-state index in [-0.39, 0.29) is 5.91 Å². The Hall–Kier alpha value is -2.14. The molecule has 1 aliphatic heterocycles. The van der Waals surface area contributed by atoms with E-state index in [9.17, 15) is 4.79 Å². The van der Waals surface area contributed by atoms with Gasteiger partial charge in [0, 0.05) is 38.8 Å². The molecule has 5 nitrogen and oxygen atoms in total. The average molecular weight is 312 g/mol. The van der Waals surface area contributed by atoms with Gasteiger partial charge < -0.3 is 5.32 Å². The number of carbonyl (C=O) groups excluding carboxylic acids is 1. The molecule has 1 N–H and O–H groups in total. The second-order valence-corrected chi connectivity index (χ2v) is 6.41. The van der Waals surface area contributed by atoms with Gasteiger partial charge in [0.15, 0.2) is 5.82 Å². The molecule has 0 bridgehead atoms. The van der Waals surface area contributed by atoms with Gasteiger partial charge in [-0.15, -0.1) is 0 Å². The van der Waals surface area contributed by atoms with Crippen LogP contribution >= 0.6 is 0 Å². The lowest BCUT2D eigenvalue weighted by Crippen LogP contribution is -2.22. The fraction of sp³-hybridized carbons (Fsp3) is 0.444. The van der Waals surface area contributed by atoms with Gasteiger partial charge in [0.2, 0.25) is 5.91 Å². The Labute approximate surface area is 137 Å². The average Bonchev–Trinajstić information content (AvgIpc) is 3.11. The molecule has 1 aromatic carbocycles. The lowest BCUT2D eigenvalue weighted by Gasteiger charge is -2.19. The summed E-state index contributed by atoms with van der Waals surface area (Å²) >= 11 is 0. The standard InChI is InChI=1S/C18H24N4O/c1-13-5-4-6-14(2)17(13)12-21-9-7-16(11-21)22-10-8-18(20-22)19-15(3)23/h4-6,8,10,16H,7,9,11-12H2,1-3H3,(H,19,20,23)/t16-/m0/s1. The van der Waals surface area contributed by atoms with Crippen LogP contribution in [-0.4, -0.2) is 33.7 Å². The summed E-state index contributed by atoms with van der Waals surface area (Å²) in [4.78, 5) is 13.6. The summed E-state index contributed by atoms with van der Waals surface area (Å²) in [5.74, 6) is 0.545. The third-order valence-electron chi connectivity index (χ3n) is 4.56. The van der Waals surface area contributed by atoms with Crippen molar-refractivity contribution < 1.29 is 4.79 Å². The minimum atomic E-state index is -0.0849. The van der Waals surface area contributed by atoms with Gasteiger partial charge in [-0.3, -0.25) is 14.4 Å². The highest BCUT2D eigenvalue weighted by Crippen LogP contribution is 2.25. The first-order valence-electron chi connectivity index (χ1n) is 8.13. The molecule has 0 radical (unpaired) electrons. The van der Waals surface area contributed by atoms with E-state index in [1.807, 2.05) is 16.9 Å². The van der Waals surface area contributed by atoms with E-state index in [1.165, 1.54) is 23.6 Å². The van der Waals surface area contributed by atoms with Crippen LogP contribution in [0.4, 0.5) is 5.82 Å². The predicted molar refractivity (Wildman–Crippen MR) is 91.4 cm³/mol. The first-order valence-corrected chi connectivity index (χ1v) is 8.13. The Balaban J connectivity index is 1.64. The number of aromatic nitrogens is 2. The quantitative estimate of drug-likeness (QED) is 0.944. The zero-order chi connectivity index (χ0) is 16.4. The number of hydrogen-bond acceptors (Lipinski definition) is 3. The molecule has 23 heavy (non-hydrogen) atoms. The summed E-state index contributed by atoms with van der Waals surface area (Å²) in [6.07, 6.45) is 3.05. The van der Waals surface area contributed by atoms with Crippen molar-refractivity contribution in [3.8, 4) is 0 Å². The maximum Gasteiger partial charge on any atom is 0.222 e. The number of aryl methyl sites for hydroxylation is 2. The molecule has 0 aliphatic carbocycles. The molecule has 0 saturated carbocycles. The number of rotatable bonds is 4. The number of amides is 1. The highest BCUT2D eigenvalue weighted by Gasteiger charge is 2.25. The molecule has 2 aromatic rings. The summed E-state index contributed by atoms with van der Waals surface area (Å²) in [5, 5.41) is 7.20. The Morgan fingerprint density at radius 3 is 2.74 bits per heavy atom. The van der Waals surface area contributed by atoms with Crippen molar-refractivity contribution in [3.63, 3.8) is 0 Å². The third kappa shape index (κ3) is 3.62. The number of benzene rings is 1. The Morgan fingerprint density at radius 2 is 2.04 bits per heavy atom. The molecule has 1 saturated heterocycles. The van der Waals surface area contributed by atoms with Gasteiger partial charge in [0.05, 0.1) is 6.04 Å². The van der Waals surface area contributed by atoms with E-state index < -0.39 is 0 Å². The monoisotopic (exact) mass is 312 g/mol. The molecule has 5 heteroatoms. The van der Waals surface area contributed by atoms with Crippen LogP contribution < -0.4 is 5.32 Å². The van der Waals surface area contributed by atoms with Crippen molar-refractivity contribution in [2.24, 2.45) is 0 Å². The van der Waals surface area contributed by atoms with E-state index in [2.05, 4.69) is 47.4 Å². The van der Waals surface area contributed by atoms with Crippen LogP contribution in [0.5, 0.6) is 0 Å². The molecule has 0 spiro atoms. The van der Waals surface area contributed by atoms with Crippen molar-refractivity contribution in [1.29, 1.82) is 0 Å². The molecule has 1 aromatic heterocycles. The first-order chi connectivity index (χ1) is 11.0. The zero-order valence-corrected chi connectivity index (χ0v) is 14.0. The van der Waals surface area contributed by atoms with Crippen molar-refractivity contribution in [1.82, 2.24) is 14.7 Å². The van der Waals surface area contributed by atoms with Crippen LogP contribution in [0.25, 0.3) is 0 Å². The minimum Gasteiger partial charge on any atom is -0.309 e. The molecular formula is C18H24N4O. The van der Waals surface area contributed by atoms with E-state index in [1.54, 1.807) is 0 Å². The zero-order valence-electron chi connectivity index (χ0n) is 14.0. The first kappa shape index (κ1) is 15.7. The molecule has 0 unspecified atom stereocenters. The van der Waals surface area contributed by atoms with Crippen molar-refractivity contribution >= 4 is 11.7 Å². The summed E-state index contributed by atoms with van der Waals surface area (Å²) in [5.41, 5.74) is 4.16. The summed E-state index contributed by atoms with van der Waals surface area (Å²) < 4.78 is 1.98. The van der Waals surface area contributed by atoms with Crippen molar-refractivity contribution in [3.05, 3.63) is 47.2 Å². The molecule has 2 heterocycles. The number of nitrogens with zero attached hydrogens (tertiary/aromatic N) is 3. The fourth-order valence-corrected chi connectivity index (χ4v) is 3.28. The Kier molecular flexibility index (Phi) is 4.48. The number of nitrogens with one attached hydrogen (secondary N) is 1. The van der Waals surface area contributed by atoms with Crippen molar-refractivity contribution in [2.75, 3.05) is 18.4 Å². The Bertz CT molecular complexity index is 687. The molecule has 3 rings (SSSR count). The van der Waals surface area contributed by atoms with E-state index in [4.69, 9.17) is 0 Å². The van der Waals surface area contributed by atoms with E-state index >= 15 is 0 Å². The van der Waals surface area contributed by atoms with Crippen molar-refractivity contribution in [2.45, 2.75) is 39.8 Å². The summed E-state index contributed by atoms with van der Waals surface area (Å²) in [7, 11) is 0. The van der Waals surface area contributed by atoms with Crippen LogP contribution in [0.15, 0.2) is 30.5 Å². The van der Waals surface area contributed by atoms with Crippen LogP contribution in [0.3, 0.4) is 0 Å². The lowest BCUT2D eigenvalue weighted by molar-refractivity contribution is -0.114. The molecule has 1 aliphatic rings. The SMILES string of the molecule is CC(=O)Nc1ccn([C@H]2CCN(Cc3c(C)cccc3C)C2)n1. The van der Waals surface area contributed by atoms with Crippen LogP contribution in [0, 0.1) is 13.8 Å². The van der Waals surface area contributed by atoms with Gasteiger partial charge in [0.1, 0.15) is 0 Å². The number of carbonyl (C=O) groups is 1. The minimum absolute atomic E-state index is 0.0849. The maximum absolute atomic E-state index is 11.1. The maximum atomic E-state index is 11.1. The highest BCUT2D eigenvalue weighted by molar-refractivity contribution is 5.87. The van der Waals surface area contributed by atoms with Crippen LogP contribution in [0.2, 0.25) is 0 Å². The summed E-state index contributed by atoms with van der Waals surface area (Å²) in [6, 6.07) is 8.72. The second kappa shape index (κ2) is 6.54. The molecule has 122 valence electrons. The lowest BCUT2D eigenvalue weighted by atomic mass is 10.0. The number of anilines is 1.